The highest BCUT2D eigenvalue weighted by Gasteiger charge is 2.27. The van der Waals surface area contributed by atoms with E-state index in [1.165, 1.54) is 0 Å². The van der Waals surface area contributed by atoms with E-state index in [4.69, 9.17) is 10.5 Å². The molecule has 2 N–H and O–H groups in total. The molecule has 1 aliphatic rings. The number of rotatable bonds is 3. The first kappa shape index (κ1) is 11.1. The number of carbonyl (C=O) groups excluding carboxylic acids is 1. The molecule has 0 aromatic carbocycles. The molecule has 2 rings (SSSR count). The number of nitrogens with zero attached hydrogens (tertiary/aromatic N) is 2. The number of aromatic nitrogens is 2. The number of nitrogens with two attached hydrogens (primary N) is 1. The molecule has 0 spiro atoms. The molecule has 0 saturated heterocycles. The number of aryl methyl sites for hydroxylation is 1. The average Bonchev–Trinajstić information content (AvgIpc) is 2.72. The molecule has 16 heavy (non-hydrogen) atoms. The lowest BCUT2D eigenvalue weighted by Gasteiger charge is -2.23. The summed E-state index contributed by atoms with van der Waals surface area (Å²) in [5.41, 5.74) is 7.26. The monoisotopic (exact) mass is 223 g/mol. The van der Waals surface area contributed by atoms with Crippen LogP contribution in [0.15, 0.2) is 6.20 Å². The summed E-state index contributed by atoms with van der Waals surface area (Å²) in [7, 11) is 0. The predicted molar refractivity (Wildman–Crippen MR) is 59.2 cm³/mol. The molecular weight excluding hydrogens is 206 g/mol. The van der Waals surface area contributed by atoms with Crippen molar-refractivity contribution in [1.82, 2.24) is 9.78 Å². The van der Waals surface area contributed by atoms with Crippen molar-refractivity contribution in [3.63, 3.8) is 0 Å². The van der Waals surface area contributed by atoms with Gasteiger partial charge in [-0.1, -0.05) is 0 Å². The Hall–Kier alpha value is -1.36. The fraction of sp³-hybridized carbons (Fsp3) is 0.636. The third kappa shape index (κ3) is 1.82. The molecule has 2 heterocycles. The molecule has 0 unspecified atom stereocenters. The second-order valence-corrected chi connectivity index (χ2v) is 3.96. The van der Waals surface area contributed by atoms with E-state index < -0.39 is 0 Å². The first-order valence-corrected chi connectivity index (χ1v) is 5.70. The van der Waals surface area contributed by atoms with Crippen LogP contribution in [0, 0.1) is 0 Å². The quantitative estimate of drug-likeness (QED) is 0.773. The Labute approximate surface area is 94.6 Å². The van der Waals surface area contributed by atoms with Crippen molar-refractivity contribution >= 4 is 5.97 Å². The highest BCUT2D eigenvalue weighted by Crippen LogP contribution is 2.29. The third-order valence-corrected chi connectivity index (χ3v) is 2.97. The summed E-state index contributed by atoms with van der Waals surface area (Å²) < 4.78 is 6.89. The van der Waals surface area contributed by atoms with Crippen LogP contribution in [0.4, 0.5) is 0 Å². The SMILES string of the molecule is CCOC(=O)c1cnn2c1[C@@H](CN)CCC2. The Morgan fingerprint density at radius 1 is 1.75 bits per heavy atom. The van der Waals surface area contributed by atoms with Crippen LogP contribution in [-0.4, -0.2) is 28.9 Å². The smallest absolute Gasteiger partial charge is 0.341 e. The summed E-state index contributed by atoms with van der Waals surface area (Å²) in [6.07, 6.45) is 3.69. The van der Waals surface area contributed by atoms with Crippen molar-refractivity contribution in [3.05, 3.63) is 17.5 Å². The van der Waals surface area contributed by atoms with Crippen LogP contribution >= 0.6 is 0 Å². The Balaban J connectivity index is 2.33. The second kappa shape index (κ2) is 4.65. The summed E-state index contributed by atoms with van der Waals surface area (Å²) in [6.45, 7) is 3.61. The van der Waals surface area contributed by atoms with E-state index in [9.17, 15) is 4.79 Å². The molecular formula is C11H17N3O2. The third-order valence-electron chi connectivity index (χ3n) is 2.97. The maximum atomic E-state index is 11.7. The second-order valence-electron chi connectivity index (χ2n) is 3.96. The average molecular weight is 223 g/mol. The van der Waals surface area contributed by atoms with Crippen molar-refractivity contribution in [2.45, 2.75) is 32.2 Å². The number of carbonyl (C=O) groups is 1. The first-order chi connectivity index (χ1) is 7.77. The van der Waals surface area contributed by atoms with E-state index in [0.29, 0.717) is 18.7 Å². The van der Waals surface area contributed by atoms with Crippen LogP contribution in [0.25, 0.3) is 0 Å². The summed E-state index contributed by atoms with van der Waals surface area (Å²) in [6, 6.07) is 0. The van der Waals surface area contributed by atoms with Crippen molar-refractivity contribution in [1.29, 1.82) is 0 Å². The van der Waals surface area contributed by atoms with E-state index in [1.807, 2.05) is 4.68 Å². The predicted octanol–water partition coefficient (Wildman–Crippen LogP) is 0.896. The van der Waals surface area contributed by atoms with Gasteiger partial charge in [-0.25, -0.2) is 4.79 Å². The van der Waals surface area contributed by atoms with Crippen LogP contribution in [0.2, 0.25) is 0 Å². The lowest BCUT2D eigenvalue weighted by molar-refractivity contribution is 0.0524. The van der Waals surface area contributed by atoms with E-state index in [0.717, 1.165) is 25.1 Å². The Bertz CT molecular complexity index is 387. The van der Waals surface area contributed by atoms with Gasteiger partial charge in [0.25, 0.3) is 0 Å². The molecule has 1 atom stereocenters. The largest absolute Gasteiger partial charge is 0.462 e. The van der Waals surface area contributed by atoms with E-state index in [1.54, 1.807) is 13.1 Å². The van der Waals surface area contributed by atoms with Gasteiger partial charge in [0.15, 0.2) is 0 Å². The maximum absolute atomic E-state index is 11.7. The molecule has 0 aliphatic carbocycles. The van der Waals surface area contributed by atoms with Gasteiger partial charge in [-0.3, -0.25) is 4.68 Å². The van der Waals surface area contributed by atoms with Crippen LogP contribution in [0.3, 0.4) is 0 Å². The van der Waals surface area contributed by atoms with Gasteiger partial charge in [0.1, 0.15) is 5.56 Å². The molecule has 0 radical (unpaired) electrons. The van der Waals surface area contributed by atoms with E-state index in [-0.39, 0.29) is 11.9 Å². The molecule has 0 amide bonds. The summed E-state index contributed by atoms with van der Waals surface area (Å²) in [4.78, 5) is 11.7. The number of fused-ring (bicyclic) bond motifs is 1. The lowest BCUT2D eigenvalue weighted by Crippen LogP contribution is -2.24. The van der Waals surface area contributed by atoms with Gasteiger partial charge in [0, 0.05) is 19.0 Å². The molecule has 1 aromatic heterocycles. The summed E-state index contributed by atoms with van der Waals surface area (Å²) in [5, 5.41) is 4.22. The summed E-state index contributed by atoms with van der Waals surface area (Å²) >= 11 is 0. The minimum absolute atomic E-state index is 0.232. The number of hydrogen-bond acceptors (Lipinski definition) is 4. The highest BCUT2D eigenvalue weighted by molar-refractivity contribution is 5.90. The van der Waals surface area contributed by atoms with Crippen LogP contribution in [0.1, 0.15) is 41.7 Å². The number of ether oxygens (including phenoxy) is 1. The normalized spacial score (nSPS) is 19.2. The van der Waals surface area contributed by atoms with Crippen LogP contribution in [-0.2, 0) is 11.3 Å². The van der Waals surface area contributed by atoms with Crippen molar-refractivity contribution in [2.24, 2.45) is 5.73 Å². The molecule has 0 bridgehead atoms. The molecule has 88 valence electrons. The Morgan fingerprint density at radius 3 is 3.25 bits per heavy atom. The van der Waals surface area contributed by atoms with Crippen molar-refractivity contribution < 1.29 is 9.53 Å². The zero-order valence-electron chi connectivity index (χ0n) is 9.48. The summed E-state index contributed by atoms with van der Waals surface area (Å²) in [5.74, 6) is -0.0558. The molecule has 0 saturated carbocycles. The molecule has 1 aliphatic heterocycles. The van der Waals surface area contributed by atoms with Crippen molar-refractivity contribution in [3.8, 4) is 0 Å². The highest BCUT2D eigenvalue weighted by atomic mass is 16.5. The van der Waals surface area contributed by atoms with Gasteiger partial charge in [0.2, 0.25) is 0 Å². The maximum Gasteiger partial charge on any atom is 0.341 e. The Morgan fingerprint density at radius 2 is 2.56 bits per heavy atom. The van der Waals surface area contributed by atoms with E-state index in [2.05, 4.69) is 5.10 Å². The zero-order chi connectivity index (χ0) is 11.5. The number of hydrogen-bond donors (Lipinski definition) is 1. The molecule has 5 heteroatoms. The van der Waals surface area contributed by atoms with Crippen LogP contribution < -0.4 is 5.73 Å². The van der Waals surface area contributed by atoms with Gasteiger partial charge < -0.3 is 10.5 Å². The lowest BCUT2D eigenvalue weighted by atomic mass is 9.93. The van der Waals surface area contributed by atoms with Gasteiger partial charge in [0.05, 0.1) is 18.5 Å². The van der Waals surface area contributed by atoms with Crippen LogP contribution in [0.5, 0.6) is 0 Å². The minimum Gasteiger partial charge on any atom is -0.462 e. The van der Waals surface area contributed by atoms with Gasteiger partial charge in [-0.05, 0) is 19.8 Å². The fourth-order valence-corrected chi connectivity index (χ4v) is 2.22. The number of esters is 1. The zero-order valence-corrected chi connectivity index (χ0v) is 9.48. The minimum atomic E-state index is -0.288. The molecule has 5 nitrogen and oxygen atoms in total. The standard InChI is InChI=1S/C11H17N3O2/c1-2-16-11(15)9-7-13-14-5-3-4-8(6-12)10(9)14/h7-8H,2-6,12H2,1H3/t8-/m1/s1. The van der Waals surface area contributed by atoms with Gasteiger partial charge >= 0.3 is 5.97 Å². The van der Waals surface area contributed by atoms with Gasteiger partial charge in [-0.2, -0.15) is 5.10 Å². The Kier molecular flexibility index (Phi) is 3.24. The van der Waals surface area contributed by atoms with E-state index >= 15 is 0 Å². The molecule has 1 aromatic rings. The van der Waals surface area contributed by atoms with Crippen molar-refractivity contribution in [2.75, 3.05) is 13.2 Å². The topological polar surface area (TPSA) is 70.1 Å². The first-order valence-electron chi connectivity index (χ1n) is 5.70. The fourth-order valence-electron chi connectivity index (χ4n) is 2.22. The van der Waals surface area contributed by atoms with Gasteiger partial charge in [-0.15, -0.1) is 0 Å². The molecule has 0 fully saturated rings.